The number of halogens is 3. The number of methoxy groups -OCH3 is 1. The van der Waals surface area contributed by atoms with Gasteiger partial charge in [-0.2, -0.15) is 13.2 Å². The number of aromatic nitrogens is 2. The predicted octanol–water partition coefficient (Wildman–Crippen LogP) is 6.86. The number of fused-ring (bicyclic) bond motifs is 1. The van der Waals surface area contributed by atoms with Crippen molar-refractivity contribution in [2.75, 3.05) is 12.4 Å². The smallest absolute Gasteiger partial charge is 0.418 e. The van der Waals surface area contributed by atoms with E-state index in [9.17, 15) is 13.2 Å². The maximum Gasteiger partial charge on any atom is 0.418 e. The van der Waals surface area contributed by atoms with Gasteiger partial charge in [0.15, 0.2) is 0 Å². The van der Waals surface area contributed by atoms with E-state index in [1.807, 2.05) is 39.8 Å². The summed E-state index contributed by atoms with van der Waals surface area (Å²) in [6, 6.07) is 6.63. The zero-order valence-corrected chi connectivity index (χ0v) is 18.2. The van der Waals surface area contributed by atoms with Crippen LogP contribution in [0.1, 0.15) is 54.9 Å². The Morgan fingerprint density at radius 2 is 1.80 bits per heavy atom. The first-order chi connectivity index (χ1) is 14.1. The van der Waals surface area contributed by atoms with E-state index in [2.05, 4.69) is 10.3 Å². The second kappa shape index (κ2) is 8.20. The van der Waals surface area contributed by atoms with Crippen LogP contribution in [0.3, 0.4) is 0 Å². The molecule has 30 heavy (non-hydrogen) atoms. The van der Waals surface area contributed by atoms with Gasteiger partial charge < -0.3 is 14.6 Å². The van der Waals surface area contributed by atoms with Crippen molar-refractivity contribution in [2.24, 2.45) is 7.05 Å². The molecule has 162 valence electrons. The SMILES string of the molecule is CCC(CC)c1ccc(C(F)(F)F)c2nc(Nc3c(C)cc(C)cc3OC)n(C)c12. The number of nitrogens with one attached hydrogen (secondary N) is 1. The van der Waals surface area contributed by atoms with Gasteiger partial charge in [0.05, 0.1) is 23.9 Å². The van der Waals surface area contributed by atoms with Crippen molar-refractivity contribution in [1.82, 2.24) is 9.55 Å². The fraction of sp³-hybridized carbons (Fsp3) is 0.435. The molecule has 3 rings (SSSR count). The first-order valence-corrected chi connectivity index (χ1v) is 10.1. The molecule has 0 saturated carbocycles. The molecule has 0 saturated heterocycles. The van der Waals surface area contributed by atoms with Crippen molar-refractivity contribution in [3.05, 3.63) is 46.5 Å². The van der Waals surface area contributed by atoms with Crippen molar-refractivity contribution < 1.29 is 17.9 Å². The molecule has 0 radical (unpaired) electrons. The number of ether oxygens (including phenoxy) is 1. The standard InChI is InChI=1S/C23H28F3N3O/c1-7-15(8-2)16-9-10-17(23(24,25)26)20-21(16)29(5)22(28-20)27-19-14(4)11-13(3)12-18(19)30-6/h9-12,15H,7-8H2,1-6H3,(H,27,28). The molecule has 2 aromatic carbocycles. The molecule has 1 aromatic heterocycles. The highest BCUT2D eigenvalue weighted by molar-refractivity contribution is 5.87. The van der Waals surface area contributed by atoms with Gasteiger partial charge >= 0.3 is 6.18 Å². The number of imidazole rings is 1. The fourth-order valence-corrected chi connectivity index (χ4v) is 4.11. The molecule has 0 aliphatic carbocycles. The van der Waals surface area contributed by atoms with Gasteiger partial charge in [-0.15, -0.1) is 0 Å². The Hall–Kier alpha value is -2.70. The minimum atomic E-state index is -4.48. The highest BCUT2D eigenvalue weighted by atomic mass is 19.4. The van der Waals surface area contributed by atoms with Crippen LogP contribution >= 0.6 is 0 Å². The zero-order valence-electron chi connectivity index (χ0n) is 18.2. The number of rotatable bonds is 6. The first kappa shape index (κ1) is 22.0. The summed E-state index contributed by atoms with van der Waals surface area (Å²) >= 11 is 0. The summed E-state index contributed by atoms with van der Waals surface area (Å²) in [4.78, 5) is 4.40. The van der Waals surface area contributed by atoms with E-state index in [4.69, 9.17) is 4.74 Å². The summed E-state index contributed by atoms with van der Waals surface area (Å²) in [5, 5.41) is 3.22. The molecule has 0 amide bonds. The van der Waals surface area contributed by atoms with Crippen molar-refractivity contribution in [3.8, 4) is 5.75 Å². The molecule has 1 N–H and O–H groups in total. The van der Waals surface area contributed by atoms with Crippen LogP contribution in [0.25, 0.3) is 11.0 Å². The summed E-state index contributed by atoms with van der Waals surface area (Å²) in [6.45, 7) is 7.99. The van der Waals surface area contributed by atoms with Crippen LogP contribution in [0.4, 0.5) is 24.8 Å². The number of hydrogen-bond acceptors (Lipinski definition) is 3. The number of alkyl halides is 3. The molecule has 0 aliphatic rings. The molecule has 0 bridgehead atoms. The topological polar surface area (TPSA) is 39.1 Å². The van der Waals surface area contributed by atoms with E-state index >= 15 is 0 Å². The minimum Gasteiger partial charge on any atom is -0.495 e. The molecule has 0 aliphatic heterocycles. The Bertz CT molecular complexity index is 1070. The third kappa shape index (κ3) is 3.85. The monoisotopic (exact) mass is 419 g/mol. The lowest BCUT2D eigenvalue weighted by molar-refractivity contribution is -0.136. The van der Waals surface area contributed by atoms with Crippen LogP contribution in [0, 0.1) is 13.8 Å². The van der Waals surface area contributed by atoms with Gasteiger partial charge in [-0.3, -0.25) is 0 Å². The van der Waals surface area contributed by atoms with E-state index in [1.165, 1.54) is 0 Å². The average Bonchev–Trinajstić information content (AvgIpc) is 3.00. The van der Waals surface area contributed by atoms with E-state index in [-0.39, 0.29) is 11.4 Å². The quantitative estimate of drug-likeness (QED) is 0.474. The molecule has 4 nitrogen and oxygen atoms in total. The fourth-order valence-electron chi connectivity index (χ4n) is 4.11. The molecule has 0 spiro atoms. The number of anilines is 2. The van der Waals surface area contributed by atoms with Gasteiger partial charge in [0.2, 0.25) is 5.95 Å². The molecule has 0 atom stereocenters. The molecule has 0 unspecified atom stereocenters. The Morgan fingerprint density at radius 3 is 2.37 bits per heavy atom. The number of hydrogen-bond donors (Lipinski definition) is 1. The Labute approximate surface area is 175 Å². The maximum atomic E-state index is 13.7. The Kier molecular flexibility index (Phi) is 6.01. The molecule has 3 aromatic rings. The van der Waals surface area contributed by atoms with E-state index in [0.29, 0.717) is 22.9 Å². The van der Waals surface area contributed by atoms with Crippen molar-refractivity contribution in [3.63, 3.8) is 0 Å². The Balaban J connectivity index is 2.25. The molecule has 7 heteroatoms. The van der Waals surface area contributed by atoms with Crippen LogP contribution in [-0.2, 0) is 13.2 Å². The second-order valence-electron chi connectivity index (χ2n) is 7.69. The Morgan fingerprint density at radius 1 is 1.13 bits per heavy atom. The van der Waals surface area contributed by atoms with Crippen LogP contribution in [-0.4, -0.2) is 16.7 Å². The largest absolute Gasteiger partial charge is 0.495 e. The summed E-state index contributed by atoms with van der Waals surface area (Å²) in [5.41, 5.74) is 3.32. The van der Waals surface area contributed by atoms with Gasteiger partial charge in [-0.05, 0) is 61.4 Å². The van der Waals surface area contributed by atoms with E-state index in [0.717, 1.165) is 35.6 Å². The summed E-state index contributed by atoms with van der Waals surface area (Å²) in [7, 11) is 3.32. The molecule has 0 fully saturated rings. The number of benzene rings is 2. The maximum absolute atomic E-state index is 13.7. The number of nitrogens with zero attached hydrogens (tertiary/aromatic N) is 2. The highest BCUT2D eigenvalue weighted by Crippen LogP contribution is 2.41. The lowest BCUT2D eigenvalue weighted by Gasteiger charge is -2.18. The van der Waals surface area contributed by atoms with Crippen molar-refractivity contribution >= 4 is 22.7 Å². The number of aryl methyl sites for hydroxylation is 3. The van der Waals surface area contributed by atoms with Crippen molar-refractivity contribution in [1.29, 1.82) is 0 Å². The van der Waals surface area contributed by atoms with E-state index in [1.54, 1.807) is 24.8 Å². The average molecular weight is 419 g/mol. The van der Waals surface area contributed by atoms with E-state index < -0.39 is 11.7 Å². The summed E-state index contributed by atoms with van der Waals surface area (Å²) in [5.74, 6) is 1.13. The van der Waals surface area contributed by atoms with Crippen molar-refractivity contribution in [2.45, 2.75) is 52.6 Å². The van der Waals surface area contributed by atoms with Gasteiger partial charge in [0.25, 0.3) is 0 Å². The third-order valence-corrected chi connectivity index (χ3v) is 5.68. The van der Waals surface area contributed by atoms with Crippen LogP contribution in [0.5, 0.6) is 5.75 Å². The van der Waals surface area contributed by atoms with Gasteiger partial charge in [-0.25, -0.2) is 4.98 Å². The van der Waals surface area contributed by atoms with Gasteiger partial charge in [0, 0.05) is 7.05 Å². The lowest BCUT2D eigenvalue weighted by atomic mass is 9.91. The molecular formula is C23H28F3N3O. The summed E-state index contributed by atoms with van der Waals surface area (Å²) < 4.78 is 48.4. The van der Waals surface area contributed by atoms with Gasteiger partial charge in [0.1, 0.15) is 11.3 Å². The molecular weight excluding hydrogens is 391 g/mol. The first-order valence-electron chi connectivity index (χ1n) is 10.1. The summed E-state index contributed by atoms with van der Waals surface area (Å²) in [6.07, 6.45) is -2.79. The van der Waals surface area contributed by atoms with Crippen LogP contribution in [0.2, 0.25) is 0 Å². The highest BCUT2D eigenvalue weighted by Gasteiger charge is 2.35. The lowest BCUT2D eigenvalue weighted by Crippen LogP contribution is -2.08. The normalized spacial score (nSPS) is 12.1. The second-order valence-corrected chi connectivity index (χ2v) is 7.69. The van der Waals surface area contributed by atoms with Crippen LogP contribution < -0.4 is 10.1 Å². The molecule has 1 heterocycles. The minimum absolute atomic E-state index is 0.0272. The zero-order chi connectivity index (χ0) is 22.2. The van der Waals surface area contributed by atoms with Crippen LogP contribution in [0.15, 0.2) is 24.3 Å². The van der Waals surface area contributed by atoms with Gasteiger partial charge in [-0.1, -0.05) is 26.0 Å². The predicted molar refractivity (Wildman–Crippen MR) is 115 cm³/mol. The third-order valence-electron chi connectivity index (χ3n) is 5.68.